The molecule has 1 amide bonds. The van der Waals surface area contributed by atoms with Crippen LogP contribution in [0.3, 0.4) is 0 Å². The maximum absolute atomic E-state index is 11.6. The molecule has 116 valence electrons. The number of hydrazine groups is 1. The van der Waals surface area contributed by atoms with Gasteiger partial charge in [0.05, 0.1) is 6.61 Å². The molecule has 3 N–H and O–H groups in total. The average molecular weight is 300 g/mol. The van der Waals surface area contributed by atoms with Gasteiger partial charge in [0.15, 0.2) is 11.5 Å². The molecular weight excluding hydrogens is 280 g/mol. The highest BCUT2D eigenvalue weighted by Crippen LogP contribution is 2.29. The first-order valence-corrected chi connectivity index (χ1v) is 7.10. The number of carbonyl (C=O) groups is 1. The van der Waals surface area contributed by atoms with E-state index in [4.69, 9.17) is 15.3 Å². The van der Waals surface area contributed by atoms with Crippen LogP contribution in [0, 0.1) is 6.92 Å². The maximum atomic E-state index is 11.6. The van der Waals surface area contributed by atoms with Crippen molar-refractivity contribution in [1.29, 1.82) is 0 Å². The van der Waals surface area contributed by atoms with Gasteiger partial charge in [-0.3, -0.25) is 10.2 Å². The number of hydrogen-bond acceptors (Lipinski definition) is 4. The van der Waals surface area contributed by atoms with Crippen LogP contribution in [0.4, 0.5) is 0 Å². The molecule has 22 heavy (non-hydrogen) atoms. The van der Waals surface area contributed by atoms with Crippen LogP contribution < -0.4 is 20.7 Å². The summed E-state index contributed by atoms with van der Waals surface area (Å²) in [4.78, 5) is 11.6. The molecule has 0 bridgehead atoms. The fourth-order valence-corrected chi connectivity index (χ4v) is 1.97. The van der Waals surface area contributed by atoms with E-state index < -0.39 is 0 Å². The van der Waals surface area contributed by atoms with Gasteiger partial charge in [0.2, 0.25) is 0 Å². The van der Waals surface area contributed by atoms with Crippen molar-refractivity contribution >= 4 is 5.91 Å². The molecule has 0 aromatic heterocycles. The third-order valence-electron chi connectivity index (χ3n) is 3.15. The molecule has 5 nitrogen and oxygen atoms in total. The van der Waals surface area contributed by atoms with Crippen LogP contribution in [-0.4, -0.2) is 12.5 Å². The van der Waals surface area contributed by atoms with E-state index >= 15 is 0 Å². The zero-order chi connectivity index (χ0) is 15.9. The molecule has 0 aliphatic rings. The summed E-state index contributed by atoms with van der Waals surface area (Å²) in [5.74, 6) is 5.89. The highest BCUT2D eigenvalue weighted by molar-refractivity contribution is 5.94. The van der Waals surface area contributed by atoms with Crippen molar-refractivity contribution in [3.05, 3.63) is 59.2 Å². The Kier molecular flexibility index (Phi) is 5.38. The lowest BCUT2D eigenvalue weighted by molar-refractivity contribution is 0.0953. The Morgan fingerprint density at radius 2 is 1.82 bits per heavy atom. The van der Waals surface area contributed by atoms with E-state index in [1.807, 2.05) is 38.1 Å². The second kappa shape index (κ2) is 7.47. The van der Waals surface area contributed by atoms with E-state index in [9.17, 15) is 4.79 Å². The van der Waals surface area contributed by atoms with Crippen molar-refractivity contribution in [2.45, 2.75) is 20.5 Å². The molecule has 0 spiro atoms. The zero-order valence-corrected chi connectivity index (χ0v) is 12.8. The molecule has 0 aliphatic heterocycles. The van der Waals surface area contributed by atoms with Gasteiger partial charge in [-0.05, 0) is 37.6 Å². The zero-order valence-electron chi connectivity index (χ0n) is 12.8. The molecule has 0 saturated heterocycles. The Hall–Kier alpha value is -2.53. The lowest BCUT2D eigenvalue weighted by Crippen LogP contribution is -2.29. The van der Waals surface area contributed by atoms with Gasteiger partial charge in [-0.2, -0.15) is 0 Å². The Bertz CT molecular complexity index is 639. The first-order valence-electron chi connectivity index (χ1n) is 7.10. The Labute approximate surface area is 130 Å². The number of rotatable bonds is 6. The minimum Gasteiger partial charge on any atom is -0.490 e. The van der Waals surface area contributed by atoms with E-state index in [-0.39, 0.29) is 5.91 Å². The van der Waals surface area contributed by atoms with Crippen LogP contribution in [0.25, 0.3) is 0 Å². The quantitative estimate of drug-likeness (QED) is 0.488. The highest BCUT2D eigenvalue weighted by Gasteiger charge is 2.11. The van der Waals surface area contributed by atoms with Gasteiger partial charge in [-0.15, -0.1) is 0 Å². The maximum Gasteiger partial charge on any atom is 0.265 e. The minimum atomic E-state index is -0.369. The molecule has 2 aromatic rings. The lowest BCUT2D eigenvalue weighted by atomic mass is 10.1. The number of hydrogen-bond donors (Lipinski definition) is 2. The second-order valence-electron chi connectivity index (χ2n) is 4.84. The molecular formula is C17H20N2O3. The van der Waals surface area contributed by atoms with Crippen molar-refractivity contribution in [3.8, 4) is 11.5 Å². The molecule has 0 atom stereocenters. The number of amides is 1. The molecule has 0 aliphatic carbocycles. The van der Waals surface area contributed by atoms with E-state index in [2.05, 4.69) is 5.43 Å². The number of carbonyl (C=O) groups excluding carboxylic acids is 1. The smallest absolute Gasteiger partial charge is 0.265 e. The standard InChI is InChI=1S/C17H20N2O3/c1-3-21-16-10-14(17(20)19-18)8-9-15(16)22-11-13-6-4-12(2)5-7-13/h4-10H,3,11,18H2,1-2H3,(H,19,20). The predicted molar refractivity (Wildman–Crippen MR) is 84.8 cm³/mol. The minimum absolute atomic E-state index is 0.369. The van der Waals surface area contributed by atoms with Crippen molar-refractivity contribution in [1.82, 2.24) is 5.43 Å². The number of ether oxygens (including phenoxy) is 2. The van der Waals surface area contributed by atoms with E-state index in [0.717, 1.165) is 5.56 Å². The van der Waals surface area contributed by atoms with Gasteiger partial charge in [0.1, 0.15) is 6.61 Å². The number of aryl methyl sites for hydroxylation is 1. The van der Waals surface area contributed by atoms with Crippen LogP contribution in [-0.2, 0) is 6.61 Å². The molecule has 2 rings (SSSR count). The summed E-state index contributed by atoms with van der Waals surface area (Å²) in [6, 6.07) is 13.1. The Morgan fingerprint density at radius 3 is 2.45 bits per heavy atom. The largest absolute Gasteiger partial charge is 0.490 e. The first kappa shape index (κ1) is 15.9. The molecule has 5 heteroatoms. The third-order valence-corrected chi connectivity index (χ3v) is 3.15. The summed E-state index contributed by atoms with van der Waals surface area (Å²) in [6.45, 7) is 4.83. The molecule has 0 radical (unpaired) electrons. The summed E-state index contributed by atoms with van der Waals surface area (Å²) < 4.78 is 11.3. The summed E-state index contributed by atoms with van der Waals surface area (Å²) in [5.41, 5.74) is 4.79. The average Bonchev–Trinajstić information content (AvgIpc) is 2.54. The van der Waals surface area contributed by atoms with Crippen molar-refractivity contribution in [2.75, 3.05) is 6.61 Å². The summed E-state index contributed by atoms with van der Waals surface area (Å²) in [5, 5.41) is 0. The van der Waals surface area contributed by atoms with Crippen LogP contribution >= 0.6 is 0 Å². The normalized spacial score (nSPS) is 10.1. The molecule has 0 fully saturated rings. The third kappa shape index (κ3) is 3.99. The SMILES string of the molecule is CCOc1cc(C(=O)NN)ccc1OCc1ccc(C)cc1. The van der Waals surface area contributed by atoms with E-state index in [1.165, 1.54) is 5.56 Å². The van der Waals surface area contributed by atoms with Gasteiger partial charge < -0.3 is 9.47 Å². The summed E-state index contributed by atoms with van der Waals surface area (Å²) in [6.07, 6.45) is 0. The van der Waals surface area contributed by atoms with Crippen molar-refractivity contribution in [2.24, 2.45) is 5.84 Å². The van der Waals surface area contributed by atoms with Crippen molar-refractivity contribution < 1.29 is 14.3 Å². The fourth-order valence-electron chi connectivity index (χ4n) is 1.97. The van der Waals surface area contributed by atoms with E-state index in [1.54, 1.807) is 18.2 Å². The fraction of sp³-hybridized carbons (Fsp3) is 0.235. The van der Waals surface area contributed by atoms with Gasteiger partial charge in [0.25, 0.3) is 5.91 Å². The van der Waals surface area contributed by atoms with Crippen LogP contribution in [0.2, 0.25) is 0 Å². The summed E-state index contributed by atoms with van der Waals surface area (Å²) >= 11 is 0. The van der Waals surface area contributed by atoms with Gasteiger partial charge in [-0.25, -0.2) is 5.84 Å². The molecule has 0 heterocycles. The van der Waals surface area contributed by atoms with Gasteiger partial charge in [0, 0.05) is 5.56 Å². The van der Waals surface area contributed by atoms with Crippen LogP contribution in [0.1, 0.15) is 28.4 Å². The van der Waals surface area contributed by atoms with Crippen LogP contribution in [0.5, 0.6) is 11.5 Å². The number of nitrogens with two attached hydrogens (primary N) is 1. The Balaban J connectivity index is 2.15. The first-order chi connectivity index (χ1) is 10.6. The number of nitrogen functional groups attached to an aromatic ring is 1. The highest BCUT2D eigenvalue weighted by atomic mass is 16.5. The topological polar surface area (TPSA) is 73.6 Å². The number of benzene rings is 2. The van der Waals surface area contributed by atoms with E-state index in [0.29, 0.717) is 30.3 Å². The second-order valence-corrected chi connectivity index (χ2v) is 4.84. The molecule has 0 unspecified atom stereocenters. The monoisotopic (exact) mass is 300 g/mol. The Morgan fingerprint density at radius 1 is 1.09 bits per heavy atom. The van der Waals surface area contributed by atoms with Crippen LogP contribution in [0.15, 0.2) is 42.5 Å². The van der Waals surface area contributed by atoms with Gasteiger partial charge >= 0.3 is 0 Å². The predicted octanol–water partition coefficient (Wildman–Crippen LogP) is 2.58. The molecule has 0 saturated carbocycles. The summed E-state index contributed by atoms with van der Waals surface area (Å²) in [7, 11) is 0. The lowest BCUT2D eigenvalue weighted by Gasteiger charge is -2.13. The van der Waals surface area contributed by atoms with Gasteiger partial charge in [-0.1, -0.05) is 29.8 Å². The number of nitrogens with one attached hydrogen (secondary N) is 1. The van der Waals surface area contributed by atoms with Crippen molar-refractivity contribution in [3.63, 3.8) is 0 Å². The molecule has 2 aromatic carbocycles.